The third-order valence-corrected chi connectivity index (χ3v) is 5.02. The van der Waals surface area contributed by atoms with E-state index in [0.29, 0.717) is 5.41 Å². The molecule has 2 aliphatic rings. The van der Waals surface area contributed by atoms with E-state index in [1.165, 1.54) is 24.0 Å². The van der Waals surface area contributed by atoms with E-state index < -0.39 is 0 Å². The fourth-order valence-electron chi connectivity index (χ4n) is 3.49. The van der Waals surface area contributed by atoms with E-state index in [1.54, 1.807) is 0 Å². The Morgan fingerprint density at radius 1 is 1.18 bits per heavy atom. The van der Waals surface area contributed by atoms with Gasteiger partial charge in [0.25, 0.3) is 0 Å². The highest BCUT2D eigenvalue weighted by Gasteiger charge is 2.56. The molecule has 0 bridgehead atoms. The maximum Gasteiger partial charge on any atom is 0.0721 e. The highest BCUT2D eigenvalue weighted by atomic mass is 15.1. The van der Waals surface area contributed by atoms with Gasteiger partial charge in [-0.3, -0.25) is 9.97 Å². The minimum atomic E-state index is 0. The average Bonchev–Trinajstić information content (AvgIpc) is 3.12. The smallest absolute Gasteiger partial charge is 0.0721 e. The molecule has 0 aliphatic heterocycles. The Morgan fingerprint density at radius 3 is 2.68 bits per heavy atom. The van der Waals surface area contributed by atoms with Gasteiger partial charge < -0.3 is 4.90 Å². The number of hydrogen-bond donors (Lipinski definition) is 0. The lowest BCUT2D eigenvalue weighted by Crippen LogP contribution is -2.09. The third kappa shape index (κ3) is 2.29. The number of nitrogens with zero attached hydrogens (tertiary/aromatic N) is 3. The fraction of sp³-hybridized carbons (Fsp3) is 0.474. The van der Waals surface area contributed by atoms with Crippen LogP contribution in [0, 0.1) is 5.92 Å². The van der Waals surface area contributed by atoms with Crippen LogP contribution in [-0.4, -0.2) is 24.1 Å². The first-order valence-corrected chi connectivity index (χ1v) is 8.20. The van der Waals surface area contributed by atoms with Crippen molar-refractivity contribution in [1.29, 1.82) is 0 Å². The molecule has 0 spiro atoms. The van der Waals surface area contributed by atoms with Crippen molar-refractivity contribution >= 4 is 5.69 Å². The Bertz CT molecular complexity index is 699. The van der Waals surface area contributed by atoms with Crippen molar-refractivity contribution in [2.45, 2.75) is 39.0 Å². The first-order chi connectivity index (χ1) is 10.6. The van der Waals surface area contributed by atoms with E-state index in [-0.39, 0.29) is 1.43 Å². The Hall–Kier alpha value is -1.90. The number of anilines is 1. The number of pyridine rings is 2. The molecule has 1 saturated carbocycles. The molecule has 0 saturated heterocycles. The lowest BCUT2D eigenvalue weighted by molar-refractivity contribution is 0.720. The maximum absolute atomic E-state index is 4.65. The Labute approximate surface area is 134 Å². The molecular weight excluding hydrogens is 270 g/mol. The predicted molar refractivity (Wildman–Crippen MR) is 94.4 cm³/mol. The van der Waals surface area contributed by atoms with Gasteiger partial charge in [0.15, 0.2) is 0 Å². The van der Waals surface area contributed by atoms with E-state index in [1.807, 2.05) is 40.3 Å². The van der Waals surface area contributed by atoms with Crippen molar-refractivity contribution in [3.63, 3.8) is 0 Å². The van der Waals surface area contributed by atoms with Crippen molar-refractivity contribution in [2.24, 2.45) is 5.92 Å². The van der Waals surface area contributed by atoms with Crippen LogP contribution >= 0.6 is 0 Å². The summed E-state index contributed by atoms with van der Waals surface area (Å²) < 4.78 is 0. The summed E-state index contributed by atoms with van der Waals surface area (Å²) in [6.45, 7) is 6.39. The highest BCUT2D eigenvalue weighted by molar-refractivity contribution is 5.66. The molecule has 2 aromatic rings. The molecule has 2 atom stereocenters. The average molecular weight is 297 g/mol. The second kappa shape index (κ2) is 5.38. The molecule has 118 valence electrons. The van der Waals surface area contributed by atoms with Crippen molar-refractivity contribution in [2.75, 3.05) is 19.0 Å². The standard InChI is InChI=1S/C17H19N3.C2H6.H2/c1-17-7-13(17)4-11-9-19-16(6-15(11)17)12-5-14(20(2)3)10-18-8-12;1-2;/h5-6,8-10,13H,4,7H2,1-3H3;1-2H3;1H. The van der Waals surface area contributed by atoms with Gasteiger partial charge >= 0.3 is 0 Å². The highest BCUT2D eigenvalue weighted by Crippen LogP contribution is 2.61. The van der Waals surface area contributed by atoms with Crippen LogP contribution in [0.15, 0.2) is 30.7 Å². The van der Waals surface area contributed by atoms with Crippen molar-refractivity contribution < 1.29 is 1.43 Å². The van der Waals surface area contributed by atoms with Crippen LogP contribution < -0.4 is 4.90 Å². The van der Waals surface area contributed by atoms with Gasteiger partial charge in [0.1, 0.15) is 0 Å². The monoisotopic (exact) mass is 297 g/mol. The molecule has 4 rings (SSSR count). The summed E-state index contributed by atoms with van der Waals surface area (Å²) in [5.74, 6) is 0.862. The lowest BCUT2D eigenvalue weighted by atomic mass is 9.97. The molecule has 2 aromatic heterocycles. The first-order valence-electron chi connectivity index (χ1n) is 8.20. The van der Waals surface area contributed by atoms with Crippen LogP contribution in [0.25, 0.3) is 11.3 Å². The maximum atomic E-state index is 4.65. The second-order valence-electron chi connectivity index (χ2n) is 6.58. The van der Waals surface area contributed by atoms with Crippen LogP contribution in [0.3, 0.4) is 0 Å². The van der Waals surface area contributed by atoms with Gasteiger partial charge in [0, 0.05) is 33.5 Å². The van der Waals surface area contributed by atoms with Crippen molar-refractivity contribution in [3.05, 3.63) is 41.9 Å². The van der Waals surface area contributed by atoms with E-state index in [0.717, 1.165) is 22.9 Å². The molecule has 2 heterocycles. The number of rotatable bonds is 2. The molecule has 2 aliphatic carbocycles. The van der Waals surface area contributed by atoms with Crippen LogP contribution in [0.4, 0.5) is 5.69 Å². The van der Waals surface area contributed by atoms with Crippen LogP contribution in [0.1, 0.15) is 39.7 Å². The fourth-order valence-corrected chi connectivity index (χ4v) is 3.49. The second-order valence-corrected chi connectivity index (χ2v) is 6.58. The molecule has 3 heteroatoms. The number of aromatic nitrogens is 2. The number of hydrogen-bond acceptors (Lipinski definition) is 3. The van der Waals surface area contributed by atoms with Gasteiger partial charge in [-0.05, 0) is 47.4 Å². The summed E-state index contributed by atoms with van der Waals surface area (Å²) in [6.07, 6.45) is 8.43. The zero-order valence-corrected chi connectivity index (χ0v) is 14.2. The topological polar surface area (TPSA) is 29.0 Å². The lowest BCUT2D eigenvalue weighted by Gasteiger charge is -2.14. The SMILES string of the molecule is CC.CN(C)c1cncc(-c2cc3c(cn2)CC2CC32C)c1.[HH]. The summed E-state index contributed by atoms with van der Waals surface area (Å²) in [4.78, 5) is 11.1. The number of fused-ring (bicyclic) bond motifs is 3. The largest absolute Gasteiger partial charge is 0.376 e. The summed E-state index contributed by atoms with van der Waals surface area (Å²) in [5.41, 5.74) is 6.66. The quantitative estimate of drug-likeness (QED) is 0.827. The molecule has 0 radical (unpaired) electrons. The molecule has 0 aromatic carbocycles. The molecule has 1 fully saturated rings. The van der Waals surface area contributed by atoms with Crippen LogP contribution in [-0.2, 0) is 11.8 Å². The minimum absolute atomic E-state index is 0. The summed E-state index contributed by atoms with van der Waals surface area (Å²) in [6, 6.07) is 4.45. The van der Waals surface area contributed by atoms with Gasteiger partial charge in [0.2, 0.25) is 0 Å². The molecule has 0 N–H and O–H groups in total. The van der Waals surface area contributed by atoms with Crippen molar-refractivity contribution in [1.82, 2.24) is 9.97 Å². The summed E-state index contributed by atoms with van der Waals surface area (Å²) in [5, 5.41) is 0. The molecule has 22 heavy (non-hydrogen) atoms. The molecule has 2 unspecified atom stereocenters. The third-order valence-electron chi connectivity index (χ3n) is 5.02. The van der Waals surface area contributed by atoms with Gasteiger partial charge in [-0.25, -0.2) is 0 Å². The van der Waals surface area contributed by atoms with E-state index in [4.69, 9.17) is 0 Å². The molecule has 0 amide bonds. The normalized spacial score (nSPS) is 24.0. The molecular formula is C19H27N3. The van der Waals surface area contributed by atoms with Crippen LogP contribution in [0.5, 0.6) is 0 Å². The van der Waals surface area contributed by atoms with Gasteiger partial charge in [-0.2, -0.15) is 0 Å². The van der Waals surface area contributed by atoms with Crippen molar-refractivity contribution in [3.8, 4) is 11.3 Å². The molecule has 3 nitrogen and oxygen atoms in total. The zero-order chi connectivity index (χ0) is 15.9. The summed E-state index contributed by atoms with van der Waals surface area (Å²) in [7, 11) is 4.07. The van der Waals surface area contributed by atoms with Crippen LogP contribution in [0.2, 0.25) is 0 Å². The van der Waals surface area contributed by atoms with Gasteiger partial charge in [-0.15, -0.1) is 0 Å². The summed E-state index contributed by atoms with van der Waals surface area (Å²) >= 11 is 0. The Balaban J connectivity index is 0.000000617. The van der Waals surface area contributed by atoms with E-state index in [9.17, 15) is 0 Å². The minimum Gasteiger partial charge on any atom is -0.376 e. The Morgan fingerprint density at radius 2 is 1.95 bits per heavy atom. The first kappa shape index (κ1) is 15.0. The predicted octanol–water partition coefficient (Wildman–Crippen LogP) is 4.32. The van der Waals surface area contributed by atoms with E-state index in [2.05, 4.69) is 40.1 Å². The Kier molecular flexibility index (Phi) is 3.67. The van der Waals surface area contributed by atoms with Gasteiger partial charge in [0.05, 0.1) is 17.6 Å². The zero-order valence-electron chi connectivity index (χ0n) is 14.2. The van der Waals surface area contributed by atoms with Gasteiger partial charge in [-0.1, -0.05) is 20.8 Å². The van der Waals surface area contributed by atoms with E-state index >= 15 is 0 Å².